The summed E-state index contributed by atoms with van der Waals surface area (Å²) in [5.41, 5.74) is 4.07. The second kappa shape index (κ2) is 8.15. The van der Waals surface area contributed by atoms with Crippen molar-refractivity contribution in [3.63, 3.8) is 0 Å². The van der Waals surface area contributed by atoms with Crippen molar-refractivity contribution in [2.24, 2.45) is 0 Å². The van der Waals surface area contributed by atoms with Crippen molar-refractivity contribution in [3.8, 4) is 0 Å². The lowest BCUT2D eigenvalue weighted by Crippen LogP contribution is -2.42. The van der Waals surface area contributed by atoms with Gasteiger partial charge in [0.25, 0.3) is 5.91 Å². The molecular weight excluding hydrogens is 392 g/mol. The topological polar surface area (TPSA) is 76.5 Å². The van der Waals surface area contributed by atoms with E-state index in [9.17, 15) is 9.59 Å². The van der Waals surface area contributed by atoms with E-state index in [-0.39, 0.29) is 22.9 Å². The van der Waals surface area contributed by atoms with E-state index in [1.807, 2.05) is 17.6 Å². The summed E-state index contributed by atoms with van der Waals surface area (Å²) < 4.78 is 7.21. The minimum atomic E-state index is -0.262. The highest BCUT2D eigenvalue weighted by atomic mass is 16.5. The number of ether oxygens (including phenoxy) is 1. The number of aromatic nitrogens is 2. The van der Waals surface area contributed by atoms with Crippen molar-refractivity contribution in [3.05, 3.63) is 69.6 Å². The maximum atomic E-state index is 13.3. The quantitative estimate of drug-likeness (QED) is 0.704. The fourth-order valence-corrected chi connectivity index (χ4v) is 4.58. The van der Waals surface area contributed by atoms with Crippen LogP contribution in [0, 0.1) is 0 Å². The van der Waals surface area contributed by atoms with E-state index in [0.717, 1.165) is 18.5 Å². The number of aryl methyl sites for hydroxylation is 1. The van der Waals surface area contributed by atoms with Crippen LogP contribution < -0.4 is 10.7 Å². The van der Waals surface area contributed by atoms with E-state index in [4.69, 9.17) is 4.74 Å². The lowest BCUT2D eigenvalue weighted by atomic mass is 10.1. The molecule has 5 rings (SSSR count). The molecule has 0 saturated carbocycles. The van der Waals surface area contributed by atoms with Crippen LogP contribution in [0.3, 0.4) is 0 Å². The Morgan fingerprint density at radius 1 is 1.19 bits per heavy atom. The summed E-state index contributed by atoms with van der Waals surface area (Å²) in [5, 5.41) is 4.01. The van der Waals surface area contributed by atoms with Gasteiger partial charge < -0.3 is 19.5 Å². The number of rotatable bonds is 4. The summed E-state index contributed by atoms with van der Waals surface area (Å²) in [5.74, 6) is -0.234. The standard InChI is InChI=1S/C24H26N4O3/c1-2-27-15-21(24(30)28-7-9-31-10-8-28)22(29)20-13-19(14-25-23(20)27)26-18-11-16-5-3-4-6-17(16)12-18/h3-6,13-15,18,26H,2,7-12H2,1H3. The number of fused-ring (bicyclic) bond motifs is 2. The van der Waals surface area contributed by atoms with Gasteiger partial charge in [-0.1, -0.05) is 24.3 Å². The number of carbonyl (C=O) groups excluding carboxylic acids is 1. The Bertz CT molecular complexity index is 1170. The number of carbonyl (C=O) groups is 1. The minimum absolute atomic E-state index is 0.198. The molecule has 7 heteroatoms. The molecule has 0 unspecified atom stereocenters. The van der Waals surface area contributed by atoms with Gasteiger partial charge in [-0.05, 0) is 37.0 Å². The Balaban J connectivity index is 1.48. The number of hydrogen-bond donors (Lipinski definition) is 1. The highest BCUT2D eigenvalue weighted by Crippen LogP contribution is 2.25. The van der Waals surface area contributed by atoms with Crippen molar-refractivity contribution in [1.82, 2.24) is 14.5 Å². The van der Waals surface area contributed by atoms with Crippen LogP contribution in [0.2, 0.25) is 0 Å². The van der Waals surface area contributed by atoms with E-state index in [2.05, 4.69) is 34.6 Å². The first-order chi connectivity index (χ1) is 15.1. The average Bonchev–Trinajstić information content (AvgIpc) is 3.22. The van der Waals surface area contributed by atoms with Crippen LogP contribution in [-0.4, -0.2) is 52.7 Å². The summed E-state index contributed by atoms with van der Waals surface area (Å²) in [7, 11) is 0. The van der Waals surface area contributed by atoms with Crippen LogP contribution in [0.1, 0.15) is 28.4 Å². The predicted molar refractivity (Wildman–Crippen MR) is 120 cm³/mol. The second-order valence-corrected chi connectivity index (χ2v) is 8.18. The number of nitrogens with one attached hydrogen (secondary N) is 1. The number of benzene rings is 1. The number of amides is 1. The Labute approximate surface area is 180 Å². The monoisotopic (exact) mass is 418 g/mol. The second-order valence-electron chi connectivity index (χ2n) is 8.18. The molecule has 0 bridgehead atoms. The van der Waals surface area contributed by atoms with Crippen molar-refractivity contribution in [2.75, 3.05) is 31.6 Å². The molecule has 1 saturated heterocycles. The van der Waals surface area contributed by atoms with E-state index in [0.29, 0.717) is 43.9 Å². The highest BCUT2D eigenvalue weighted by molar-refractivity contribution is 5.97. The lowest BCUT2D eigenvalue weighted by molar-refractivity contribution is 0.0301. The van der Waals surface area contributed by atoms with Gasteiger partial charge in [-0.3, -0.25) is 9.59 Å². The zero-order valence-electron chi connectivity index (χ0n) is 17.6. The molecule has 1 aliphatic carbocycles. The molecule has 2 aromatic heterocycles. The van der Waals surface area contributed by atoms with E-state index in [1.54, 1.807) is 17.3 Å². The summed E-state index contributed by atoms with van der Waals surface area (Å²) in [6.07, 6.45) is 5.32. The van der Waals surface area contributed by atoms with Crippen LogP contribution in [0.4, 0.5) is 5.69 Å². The van der Waals surface area contributed by atoms with Crippen LogP contribution in [0.5, 0.6) is 0 Å². The van der Waals surface area contributed by atoms with E-state index in [1.165, 1.54) is 11.1 Å². The van der Waals surface area contributed by atoms with Gasteiger partial charge in [-0.2, -0.15) is 0 Å². The number of anilines is 1. The van der Waals surface area contributed by atoms with Gasteiger partial charge in [0.2, 0.25) is 5.43 Å². The van der Waals surface area contributed by atoms with E-state index < -0.39 is 0 Å². The molecule has 160 valence electrons. The Hall–Kier alpha value is -3.19. The molecule has 1 aromatic carbocycles. The molecule has 0 spiro atoms. The van der Waals surface area contributed by atoms with Crippen LogP contribution in [0.15, 0.2) is 47.5 Å². The van der Waals surface area contributed by atoms with Gasteiger partial charge in [0.15, 0.2) is 0 Å². The molecule has 3 heterocycles. The highest BCUT2D eigenvalue weighted by Gasteiger charge is 2.24. The molecule has 1 fully saturated rings. The third-order valence-corrected chi connectivity index (χ3v) is 6.20. The average molecular weight is 418 g/mol. The lowest BCUT2D eigenvalue weighted by Gasteiger charge is -2.27. The molecule has 31 heavy (non-hydrogen) atoms. The largest absolute Gasteiger partial charge is 0.380 e. The summed E-state index contributed by atoms with van der Waals surface area (Å²) in [6, 6.07) is 10.6. The Morgan fingerprint density at radius 2 is 1.90 bits per heavy atom. The molecule has 0 atom stereocenters. The minimum Gasteiger partial charge on any atom is -0.380 e. The Morgan fingerprint density at radius 3 is 2.58 bits per heavy atom. The van der Waals surface area contributed by atoms with Crippen molar-refractivity contribution < 1.29 is 9.53 Å². The first-order valence-electron chi connectivity index (χ1n) is 10.9. The number of nitrogens with zero attached hydrogens (tertiary/aromatic N) is 3. The predicted octanol–water partition coefficient (Wildman–Crippen LogP) is 2.47. The molecule has 1 aliphatic heterocycles. The van der Waals surface area contributed by atoms with Gasteiger partial charge in [0.05, 0.1) is 30.5 Å². The summed E-state index contributed by atoms with van der Waals surface area (Å²) in [4.78, 5) is 32.6. The maximum absolute atomic E-state index is 13.3. The van der Waals surface area contributed by atoms with Crippen molar-refractivity contribution >= 4 is 22.6 Å². The molecule has 1 N–H and O–H groups in total. The first-order valence-corrected chi connectivity index (χ1v) is 10.9. The number of morpholine rings is 1. The first kappa shape index (κ1) is 19.8. The van der Waals surface area contributed by atoms with Gasteiger partial charge in [-0.15, -0.1) is 0 Å². The van der Waals surface area contributed by atoms with Gasteiger partial charge >= 0.3 is 0 Å². The molecule has 1 amide bonds. The zero-order chi connectivity index (χ0) is 21.4. The van der Waals surface area contributed by atoms with Gasteiger partial charge in [0.1, 0.15) is 11.2 Å². The Kier molecular flexibility index (Phi) is 5.19. The maximum Gasteiger partial charge on any atom is 0.259 e. The molecule has 2 aliphatic rings. The molecule has 3 aromatic rings. The molecule has 7 nitrogen and oxygen atoms in total. The fraction of sp³-hybridized carbons (Fsp3) is 0.375. The summed E-state index contributed by atoms with van der Waals surface area (Å²) in [6.45, 7) is 4.62. The third-order valence-electron chi connectivity index (χ3n) is 6.20. The van der Waals surface area contributed by atoms with Gasteiger partial charge in [0, 0.05) is 31.9 Å². The summed E-state index contributed by atoms with van der Waals surface area (Å²) >= 11 is 0. The van der Waals surface area contributed by atoms with Gasteiger partial charge in [-0.25, -0.2) is 4.98 Å². The SMILES string of the molecule is CCn1cc(C(=O)N2CCOCC2)c(=O)c2cc(NC3Cc4ccccc4C3)cnc21. The van der Waals surface area contributed by atoms with Crippen LogP contribution >= 0.6 is 0 Å². The normalized spacial score (nSPS) is 16.5. The number of pyridine rings is 2. The molecular formula is C24H26N4O3. The van der Waals surface area contributed by atoms with Crippen molar-refractivity contribution in [2.45, 2.75) is 32.4 Å². The fourth-order valence-electron chi connectivity index (χ4n) is 4.58. The number of hydrogen-bond acceptors (Lipinski definition) is 5. The molecule has 0 radical (unpaired) electrons. The van der Waals surface area contributed by atoms with E-state index >= 15 is 0 Å². The third kappa shape index (κ3) is 3.70. The zero-order valence-corrected chi connectivity index (χ0v) is 17.6. The van der Waals surface area contributed by atoms with Crippen LogP contribution in [-0.2, 0) is 24.1 Å². The van der Waals surface area contributed by atoms with Crippen molar-refractivity contribution in [1.29, 1.82) is 0 Å². The van der Waals surface area contributed by atoms with Crippen LogP contribution in [0.25, 0.3) is 11.0 Å². The smallest absolute Gasteiger partial charge is 0.259 e.